The predicted octanol–water partition coefficient (Wildman–Crippen LogP) is 3.93. The monoisotopic (exact) mass is 336 g/mol. The number of rotatable bonds is 2. The molecule has 0 bridgehead atoms. The highest BCUT2D eigenvalue weighted by Crippen LogP contribution is 2.39. The smallest absolute Gasteiger partial charge is 0.233 e. The summed E-state index contributed by atoms with van der Waals surface area (Å²) in [6, 6.07) is 13.6. The molecule has 0 atom stereocenters. The van der Waals surface area contributed by atoms with Crippen molar-refractivity contribution in [3.8, 4) is 16.3 Å². The molecule has 120 valence electrons. The first-order valence-electron chi connectivity index (χ1n) is 7.79. The first-order chi connectivity index (χ1) is 11.5. The molecule has 0 saturated heterocycles. The van der Waals surface area contributed by atoms with Gasteiger partial charge in [0.2, 0.25) is 11.6 Å². The molecule has 2 heterocycles. The van der Waals surface area contributed by atoms with Gasteiger partial charge in [0.25, 0.3) is 0 Å². The van der Waals surface area contributed by atoms with E-state index in [4.69, 9.17) is 5.10 Å². The number of benzene rings is 1. The molecule has 0 spiro atoms. The standard InChI is InChI=1S/C19H16N2O2S/c1-19(2)11-13-15(17(22)18(19)23)16(14-9-6-10-24-14)21(20-13)12-7-4-3-5-8-12/h3-10H,11H2,1-2H3. The number of fused-ring (bicyclic) bond motifs is 1. The minimum Gasteiger partial charge on any atom is -0.290 e. The Kier molecular flexibility index (Phi) is 3.28. The van der Waals surface area contributed by atoms with Gasteiger partial charge in [-0.2, -0.15) is 5.10 Å². The van der Waals surface area contributed by atoms with Crippen LogP contribution in [0.2, 0.25) is 0 Å². The van der Waals surface area contributed by atoms with E-state index in [1.165, 1.54) is 0 Å². The number of ketones is 2. The van der Waals surface area contributed by atoms with E-state index in [2.05, 4.69) is 0 Å². The Morgan fingerprint density at radius 1 is 1.08 bits per heavy atom. The van der Waals surface area contributed by atoms with E-state index < -0.39 is 11.2 Å². The largest absolute Gasteiger partial charge is 0.290 e. The molecule has 0 radical (unpaired) electrons. The molecule has 0 saturated carbocycles. The minimum atomic E-state index is -0.702. The summed E-state index contributed by atoms with van der Waals surface area (Å²) < 4.78 is 1.79. The third-order valence-corrected chi connectivity index (χ3v) is 5.25. The number of Topliss-reactive ketones (excluding diaryl/α,β-unsaturated/α-hetero) is 2. The minimum absolute atomic E-state index is 0.333. The van der Waals surface area contributed by atoms with E-state index in [0.717, 1.165) is 16.3 Å². The summed E-state index contributed by atoms with van der Waals surface area (Å²) in [6.45, 7) is 3.62. The number of thiophene rings is 1. The van der Waals surface area contributed by atoms with Crippen LogP contribution in [0.15, 0.2) is 47.8 Å². The topological polar surface area (TPSA) is 52.0 Å². The molecule has 24 heavy (non-hydrogen) atoms. The second-order valence-electron chi connectivity index (χ2n) is 6.61. The number of carbonyl (C=O) groups is 2. The molecule has 0 fully saturated rings. The summed E-state index contributed by atoms with van der Waals surface area (Å²) in [4.78, 5) is 26.2. The maximum absolute atomic E-state index is 12.8. The molecule has 1 aliphatic rings. The zero-order valence-corrected chi connectivity index (χ0v) is 14.3. The zero-order chi connectivity index (χ0) is 16.9. The quantitative estimate of drug-likeness (QED) is 0.666. The number of carbonyl (C=O) groups excluding carboxylic acids is 2. The molecule has 4 nitrogen and oxygen atoms in total. The van der Waals surface area contributed by atoms with Crippen LogP contribution in [-0.2, 0) is 11.2 Å². The Labute approximate surface area is 143 Å². The lowest BCUT2D eigenvalue weighted by atomic mass is 9.74. The van der Waals surface area contributed by atoms with E-state index >= 15 is 0 Å². The van der Waals surface area contributed by atoms with E-state index in [1.54, 1.807) is 16.0 Å². The van der Waals surface area contributed by atoms with Crippen molar-refractivity contribution < 1.29 is 9.59 Å². The van der Waals surface area contributed by atoms with Crippen molar-refractivity contribution in [2.24, 2.45) is 5.41 Å². The highest BCUT2D eigenvalue weighted by Gasteiger charge is 2.44. The average molecular weight is 336 g/mol. The third kappa shape index (κ3) is 2.16. The Hall–Kier alpha value is -2.53. The van der Waals surface area contributed by atoms with Gasteiger partial charge in [0.15, 0.2) is 0 Å². The van der Waals surface area contributed by atoms with Crippen molar-refractivity contribution in [2.75, 3.05) is 0 Å². The van der Waals surface area contributed by atoms with Gasteiger partial charge in [-0.3, -0.25) is 9.59 Å². The summed E-state index contributed by atoms with van der Waals surface area (Å²) in [7, 11) is 0. The fraction of sp³-hybridized carbons (Fsp3) is 0.211. The van der Waals surface area contributed by atoms with Crippen molar-refractivity contribution in [2.45, 2.75) is 20.3 Å². The fourth-order valence-corrected chi connectivity index (χ4v) is 3.90. The van der Waals surface area contributed by atoms with Crippen LogP contribution in [-0.4, -0.2) is 21.3 Å². The molecule has 5 heteroatoms. The lowest BCUT2D eigenvalue weighted by Gasteiger charge is -2.25. The number of hydrogen-bond donors (Lipinski definition) is 0. The molecule has 1 aliphatic carbocycles. The van der Waals surface area contributed by atoms with Crippen molar-refractivity contribution in [3.05, 3.63) is 59.1 Å². The van der Waals surface area contributed by atoms with Crippen molar-refractivity contribution in [1.82, 2.24) is 9.78 Å². The van der Waals surface area contributed by atoms with Gasteiger partial charge in [0, 0.05) is 11.8 Å². The normalized spacial score (nSPS) is 16.2. The van der Waals surface area contributed by atoms with Crippen LogP contribution in [0.25, 0.3) is 16.3 Å². The highest BCUT2D eigenvalue weighted by atomic mass is 32.1. The number of nitrogens with zero attached hydrogens (tertiary/aromatic N) is 2. The summed E-state index contributed by atoms with van der Waals surface area (Å²) >= 11 is 1.54. The van der Waals surface area contributed by atoms with E-state index in [9.17, 15) is 9.59 Å². The summed E-state index contributed by atoms with van der Waals surface area (Å²) in [5, 5.41) is 6.67. The van der Waals surface area contributed by atoms with Crippen LogP contribution < -0.4 is 0 Å². The van der Waals surface area contributed by atoms with E-state index in [0.29, 0.717) is 17.7 Å². The van der Waals surface area contributed by atoms with Crippen LogP contribution in [0.4, 0.5) is 0 Å². The molecular formula is C19H16N2O2S. The molecule has 0 amide bonds. The van der Waals surface area contributed by atoms with Crippen LogP contribution in [0.3, 0.4) is 0 Å². The second kappa shape index (κ2) is 5.24. The molecule has 1 aromatic carbocycles. The fourth-order valence-electron chi connectivity index (χ4n) is 3.14. The van der Waals surface area contributed by atoms with E-state index in [1.807, 2.05) is 61.7 Å². The molecule has 4 rings (SSSR count). The predicted molar refractivity (Wildman–Crippen MR) is 93.7 cm³/mol. The van der Waals surface area contributed by atoms with Gasteiger partial charge in [0.1, 0.15) is 0 Å². The van der Waals surface area contributed by atoms with Gasteiger partial charge in [-0.25, -0.2) is 4.68 Å². The number of para-hydroxylation sites is 1. The van der Waals surface area contributed by atoms with Gasteiger partial charge in [-0.1, -0.05) is 38.1 Å². The Morgan fingerprint density at radius 2 is 1.83 bits per heavy atom. The lowest BCUT2D eigenvalue weighted by Crippen LogP contribution is -2.38. The van der Waals surface area contributed by atoms with Crippen LogP contribution >= 0.6 is 11.3 Å². The summed E-state index contributed by atoms with van der Waals surface area (Å²) in [5.41, 5.74) is 2.07. The molecule has 0 N–H and O–H groups in total. The Bertz CT molecular complexity index is 937. The third-order valence-electron chi connectivity index (χ3n) is 4.37. The molecule has 3 aromatic rings. The van der Waals surface area contributed by atoms with Crippen LogP contribution in [0, 0.1) is 5.41 Å². The lowest BCUT2D eigenvalue weighted by molar-refractivity contribution is -0.123. The summed E-state index contributed by atoms with van der Waals surface area (Å²) in [6.07, 6.45) is 0.477. The molecule has 0 aliphatic heterocycles. The van der Waals surface area contributed by atoms with Gasteiger partial charge in [-0.15, -0.1) is 11.3 Å². The number of hydrogen-bond acceptors (Lipinski definition) is 4. The highest BCUT2D eigenvalue weighted by molar-refractivity contribution is 7.13. The van der Waals surface area contributed by atoms with Crippen molar-refractivity contribution in [3.63, 3.8) is 0 Å². The van der Waals surface area contributed by atoms with Gasteiger partial charge in [0.05, 0.1) is 27.5 Å². The molecule has 0 unspecified atom stereocenters. The zero-order valence-electron chi connectivity index (χ0n) is 13.4. The SMILES string of the molecule is CC1(C)Cc2nn(-c3ccccc3)c(-c3cccs3)c2C(=O)C1=O. The van der Waals surface area contributed by atoms with Crippen LogP contribution in [0.5, 0.6) is 0 Å². The van der Waals surface area contributed by atoms with Gasteiger partial charge in [-0.05, 0) is 23.6 Å². The van der Waals surface area contributed by atoms with Gasteiger partial charge >= 0.3 is 0 Å². The Balaban J connectivity index is 2.03. The van der Waals surface area contributed by atoms with Crippen LogP contribution in [0.1, 0.15) is 29.9 Å². The Morgan fingerprint density at radius 3 is 2.50 bits per heavy atom. The molecular weight excluding hydrogens is 320 g/mol. The second-order valence-corrected chi connectivity index (χ2v) is 7.56. The molecule has 2 aromatic heterocycles. The summed E-state index contributed by atoms with van der Waals surface area (Å²) in [5.74, 6) is -0.757. The first-order valence-corrected chi connectivity index (χ1v) is 8.67. The van der Waals surface area contributed by atoms with Crippen molar-refractivity contribution in [1.29, 1.82) is 0 Å². The maximum Gasteiger partial charge on any atom is 0.233 e. The average Bonchev–Trinajstić information content (AvgIpc) is 3.20. The number of aromatic nitrogens is 2. The van der Waals surface area contributed by atoms with Gasteiger partial charge < -0.3 is 0 Å². The van der Waals surface area contributed by atoms with E-state index in [-0.39, 0.29) is 5.78 Å². The first kappa shape index (κ1) is 15.0. The maximum atomic E-state index is 12.8. The van der Waals surface area contributed by atoms with Crippen molar-refractivity contribution >= 4 is 22.9 Å².